The van der Waals surface area contributed by atoms with Crippen molar-refractivity contribution < 1.29 is 0 Å². The summed E-state index contributed by atoms with van der Waals surface area (Å²) in [5.41, 5.74) is 2.41. The molecule has 8 heteroatoms. The molecule has 0 spiro atoms. The van der Waals surface area contributed by atoms with Gasteiger partial charge in [-0.25, -0.2) is 19.2 Å². The van der Waals surface area contributed by atoms with E-state index in [0.717, 1.165) is 22.2 Å². The highest BCUT2D eigenvalue weighted by molar-refractivity contribution is 6.35. The van der Waals surface area contributed by atoms with Gasteiger partial charge in [0.25, 0.3) is 0 Å². The molecule has 0 aliphatic rings. The highest BCUT2D eigenvalue weighted by atomic mass is 35.5. The number of aryl methyl sites for hydroxylation is 1. The zero-order valence-corrected chi connectivity index (χ0v) is 13.0. The first-order valence-electron chi connectivity index (χ1n) is 6.59. The number of aromatic nitrogens is 6. The van der Waals surface area contributed by atoms with Gasteiger partial charge in [0.1, 0.15) is 12.2 Å². The monoisotopic (exact) mass is 332 g/mol. The normalized spacial score (nSPS) is 11.6. The molecule has 0 bridgehead atoms. The van der Waals surface area contributed by atoms with Crippen molar-refractivity contribution >= 4 is 39.9 Å². The van der Waals surface area contributed by atoms with E-state index in [2.05, 4.69) is 20.2 Å². The Labute approximate surface area is 135 Å². The predicted octanol–water partition coefficient (Wildman–Crippen LogP) is 3.14. The Kier molecular flexibility index (Phi) is 3.02. The summed E-state index contributed by atoms with van der Waals surface area (Å²) in [5.74, 6) is 0.697. The van der Waals surface area contributed by atoms with Crippen molar-refractivity contribution in [2.75, 3.05) is 0 Å². The number of hydrogen-bond donors (Lipinski definition) is 0. The quantitative estimate of drug-likeness (QED) is 0.565. The second-order valence-electron chi connectivity index (χ2n) is 4.95. The first kappa shape index (κ1) is 13.5. The zero-order valence-electron chi connectivity index (χ0n) is 11.5. The van der Waals surface area contributed by atoms with E-state index in [1.165, 1.54) is 0 Å². The van der Waals surface area contributed by atoms with Gasteiger partial charge in [0.05, 0.1) is 18.1 Å². The van der Waals surface area contributed by atoms with Crippen molar-refractivity contribution in [2.45, 2.75) is 13.5 Å². The van der Waals surface area contributed by atoms with Crippen LogP contribution in [0.15, 0.2) is 30.7 Å². The van der Waals surface area contributed by atoms with Crippen LogP contribution in [0.2, 0.25) is 10.0 Å². The fraction of sp³-hybridized carbons (Fsp3) is 0.143. The van der Waals surface area contributed by atoms with E-state index in [1.807, 2.05) is 19.1 Å². The van der Waals surface area contributed by atoms with Crippen molar-refractivity contribution in [2.24, 2.45) is 0 Å². The molecule has 0 aliphatic heterocycles. The molecule has 0 amide bonds. The Balaban J connectivity index is 1.83. The van der Waals surface area contributed by atoms with Gasteiger partial charge in [-0.3, -0.25) is 0 Å². The summed E-state index contributed by atoms with van der Waals surface area (Å²) in [5, 5.41) is 10.7. The van der Waals surface area contributed by atoms with Gasteiger partial charge in [-0.15, -0.1) is 0 Å². The van der Waals surface area contributed by atoms with Crippen LogP contribution in [0.3, 0.4) is 0 Å². The van der Waals surface area contributed by atoms with Crippen LogP contribution < -0.4 is 0 Å². The molecule has 3 heterocycles. The fourth-order valence-corrected chi connectivity index (χ4v) is 2.87. The summed E-state index contributed by atoms with van der Waals surface area (Å²) < 4.78 is 3.44. The Morgan fingerprint density at radius 3 is 2.86 bits per heavy atom. The molecule has 6 nitrogen and oxygen atoms in total. The Hall–Kier alpha value is -2.18. The Morgan fingerprint density at radius 2 is 2.05 bits per heavy atom. The second-order valence-corrected chi connectivity index (χ2v) is 5.79. The van der Waals surface area contributed by atoms with Crippen molar-refractivity contribution in [3.05, 3.63) is 52.2 Å². The largest absolute Gasteiger partial charge is 0.243 e. The van der Waals surface area contributed by atoms with Crippen LogP contribution in [0.5, 0.6) is 0 Å². The fourth-order valence-electron chi connectivity index (χ4n) is 2.40. The minimum absolute atomic E-state index is 0.510. The molecule has 0 saturated heterocycles. The van der Waals surface area contributed by atoms with Crippen LogP contribution in [0, 0.1) is 6.92 Å². The van der Waals surface area contributed by atoms with E-state index in [1.54, 1.807) is 27.8 Å². The highest BCUT2D eigenvalue weighted by Gasteiger charge is 2.12. The molecule has 0 radical (unpaired) electrons. The summed E-state index contributed by atoms with van der Waals surface area (Å²) >= 11 is 12.1. The first-order valence-corrected chi connectivity index (χ1v) is 7.35. The standard InChI is InChI=1S/C14H10Cl2N6/c1-8-19-14-11-5-18-21(13(11)17-7-22(14)20-8)6-9-2-3-10(15)4-12(9)16/h2-5,7H,6H2,1H3. The molecule has 0 fully saturated rings. The number of halogens is 2. The molecule has 0 atom stereocenters. The number of fused-ring (bicyclic) bond motifs is 3. The summed E-state index contributed by atoms with van der Waals surface area (Å²) in [7, 11) is 0. The summed E-state index contributed by atoms with van der Waals surface area (Å²) in [6.45, 7) is 2.35. The van der Waals surface area contributed by atoms with Crippen molar-refractivity contribution in [1.29, 1.82) is 0 Å². The van der Waals surface area contributed by atoms with Gasteiger partial charge in [0.15, 0.2) is 11.3 Å². The third kappa shape index (κ3) is 2.12. The SMILES string of the molecule is Cc1nc2c3cnn(Cc4ccc(Cl)cc4Cl)c3ncn2n1. The third-order valence-corrected chi connectivity index (χ3v) is 4.00. The highest BCUT2D eigenvalue weighted by Crippen LogP contribution is 2.23. The Morgan fingerprint density at radius 1 is 1.18 bits per heavy atom. The maximum absolute atomic E-state index is 6.22. The lowest BCUT2D eigenvalue weighted by atomic mass is 10.2. The van der Waals surface area contributed by atoms with Gasteiger partial charge in [0.2, 0.25) is 0 Å². The molecule has 4 aromatic rings. The van der Waals surface area contributed by atoms with Crippen LogP contribution in [0.1, 0.15) is 11.4 Å². The molecular formula is C14H10Cl2N6. The molecule has 0 saturated carbocycles. The van der Waals surface area contributed by atoms with E-state index in [4.69, 9.17) is 23.2 Å². The van der Waals surface area contributed by atoms with E-state index in [-0.39, 0.29) is 0 Å². The number of benzene rings is 1. The van der Waals surface area contributed by atoms with Crippen molar-refractivity contribution in [1.82, 2.24) is 29.4 Å². The number of nitrogens with zero attached hydrogens (tertiary/aromatic N) is 6. The summed E-state index contributed by atoms with van der Waals surface area (Å²) in [6, 6.07) is 5.41. The molecule has 1 aromatic carbocycles. The topological polar surface area (TPSA) is 60.9 Å². The smallest absolute Gasteiger partial charge is 0.170 e. The molecule has 0 N–H and O–H groups in total. The van der Waals surface area contributed by atoms with Gasteiger partial charge >= 0.3 is 0 Å². The van der Waals surface area contributed by atoms with Crippen LogP contribution in [-0.2, 0) is 6.54 Å². The molecule has 4 rings (SSSR count). The molecule has 22 heavy (non-hydrogen) atoms. The number of hydrogen-bond acceptors (Lipinski definition) is 4. The van der Waals surface area contributed by atoms with Crippen LogP contribution in [0.25, 0.3) is 16.7 Å². The lowest BCUT2D eigenvalue weighted by Crippen LogP contribution is -2.03. The first-order chi connectivity index (χ1) is 10.6. The molecule has 3 aromatic heterocycles. The Bertz CT molecular complexity index is 1000. The average molecular weight is 333 g/mol. The third-order valence-electron chi connectivity index (χ3n) is 3.41. The van der Waals surface area contributed by atoms with Gasteiger partial charge in [-0.1, -0.05) is 29.3 Å². The molecule has 110 valence electrons. The lowest BCUT2D eigenvalue weighted by molar-refractivity contribution is 0.703. The summed E-state index contributed by atoms with van der Waals surface area (Å²) in [6.07, 6.45) is 3.38. The molecule has 0 unspecified atom stereocenters. The van der Waals surface area contributed by atoms with Gasteiger partial charge in [-0.05, 0) is 24.6 Å². The van der Waals surface area contributed by atoms with Crippen molar-refractivity contribution in [3.8, 4) is 0 Å². The minimum Gasteiger partial charge on any atom is -0.243 e. The minimum atomic E-state index is 0.510. The predicted molar refractivity (Wildman–Crippen MR) is 84.4 cm³/mol. The second kappa shape index (κ2) is 4.93. The zero-order chi connectivity index (χ0) is 15.3. The van der Waals surface area contributed by atoms with Crippen LogP contribution >= 0.6 is 23.2 Å². The maximum atomic E-state index is 6.22. The molecule has 0 aliphatic carbocycles. The average Bonchev–Trinajstić information content (AvgIpc) is 3.04. The molecular weight excluding hydrogens is 323 g/mol. The maximum Gasteiger partial charge on any atom is 0.170 e. The van der Waals surface area contributed by atoms with Gasteiger partial charge < -0.3 is 0 Å². The van der Waals surface area contributed by atoms with E-state index >= 15 is 0 Å². The lowest BCUT2D eigenvalue weighted by Gasteiger charge is -2.06. The summed E-state index contributed by atoms with van der Waals surface area (Å²) in [4.78, 5) is 8.82. The van der Waals surface area contributed by atoms with Crippen LogP contribution in [0.4, 0.5) is 0 Å². The number of rotatable bonds is 2. The van der Waals surface area contributed by atoms with Crippen molar-refractivity contribution in [3.63, 3.8) is 0 Å². The van der Waals surface area contributed by atoms with Crippen LogP contribution in [-0.4, -0.2) is 29.4 Å². The van der Waals surface area contributed by atoms with Gasteiger partial charge in [-0.2, -0.15) is 10.2 Å². The van der Waals surface area contributed by atoms with E-state index < -0.39 is 0 Å². The van der Waals surface area contributed by atoms with Gasteiger partial charge in [0, 0.05) is 10.0 Å². The van der Waals surface area contributed by atoms with E-state index in [0.29, 0.717) is 22.4 Å². The van der Waals surface area contributed by atoms with E-state index in [9.17, 15) is 0 Å².